The standard InChI is InChI=1S/C20H16ClNO3/c1-25-19-8-6-13(9-14-5-7-18(20(23)24)22-12-14)10-17(19)15-3-2-4-16(21)11-15/h2-8,10-12H,9H2,1H3,(H,23,24). The first-order chi connectivity index (χ1) is 12.1. The zero-order valence-electron chi connectivity index (χ0n) is 13.6. The number of aromatic carboxylic acids is 1. The Hall–Kier alpha value is -2.85. The fourth-order valence-electron chi connectivity index (χ4n) is 2.64. The molecule has 5 heteroatoms. The maximum atomic E-state index is 10.9. The summed E-state index contributed by atoms with van der Waals surface area (Å²) in [6, 6.07) is 16.9. The van der Waals surface area contributed by atoms with Crippen LogP contribution in [0.5, 0.6) is 5.75 Å². The fourth-order valence-corrected chi connectivity index (χ4v) is 2.83. The molecule has 0 saturated carbocycles. The molecule has 4 nitrogen and oxygen atoms in total. The van der Waals surface area contributed by atoms with Crippen molar-refractivity contribution in [2.24, 2.45) is 0 Å². The molecule has 1 aromatic heterocycles. The van der Waals surface area contributed by atoms with Crippen LogP contribution in [0, 0.1) is 0 Å². The minimum atomic E-state index is -1.03. The Morgan fingerprint density at radius 1 is 1.12 bits per heavy atom. The summed E-state index contributed by atoms with van der Waals surface area (Å²) in [5.41, 5.74) is 3.98. The van der Waals surface area contributed by atoms with Crippen molar-refractivity contribution in [1.29, 1.82) is 0 Å². The van der Waals surface area contributed by atoms with Gasteiger partial charge in [0.2, 0.25) is 0 Å². The normalized spacial score (nSPS) is 10.5. The molecule has 3 aromatic rings. The first kappa shape index (κ1) is 17.0. The smallest absolute Gasteiger partial charge is 0.354 e. The van der Waals surface area contributed by atoms with Crippen molar-refractivity contribution in [2.75, 3.05) is 7.11 Å². The van der Waals surface area contributed by atoms with Crippen LogP contribution < -0.4 is 4.74 Å². The highest BCUT2D eigenvalue weighted by atomic mass is 35.5. The summed E-state index contributed by atoms with van der Waals surface area (Å²) in [6.45, 7) is 0. The minimum Gasteiger partial charge on any atom is -0.496 e. The van der Waals surface area contributed by atoms with Gasteiger partial charge >= 0.3 is 5.97 Å². The minimum absolute atomic E-state index is 0.0399. The van der Waals surface area contributed by atoms with Crippen LogP contribution in [-0.4, -0.2) is 23.2 Å². The van der Waals surface area contributed by atoms with E-state index in [2.05, 4.69) is 11.1 Å². The number of rotatable bonds is 5. The second-order valence-corrected chi connectivity index (χ2v) is 6.02. The van der Waals surface area contributed by atoms with Gasteiger partial charge in [0.05, 0.1) is 7.11 Å². The molecule has 1 heterocycles. The molecule has 0 unspecified atom stereocenters. The van der Waals surface area contributed by atoms with Crippen LogP contribution in [0.15, 0.2) is 60.8 Å². The summed E-state index contributed by atoms with van der Waals surface area (Å²) in [5.74, 6) is -0.260. The van der Waals surface area contributed by atoms with Crippen LogP contribution in [0.25, 0.3) is 11.1 Å². The van der Waals surface area contributed by atoms with E-state index in [0.29, 0.717) is 11.4 Å². The van der Waals surface area contributed by atoms with Gasteiger partial charge in [-0.05, 0) is 53.4 Å². The van der Waals surface area contributed by atoms with Crippen molar-refractivity contribution in [2.45, 2.75) is 6.42 Å². The van der Waals surface area contributed by atoms with E-state index in [-0.39, 0.29) is 5.69 Å². The Balaban J connectivity index is 1.92. The van der Waals surface area contributed by atoms with E-state index in [1.54, 1.807) is 19.4 Å². The Kier molecular flexibility index (Phi) is 5.00. The number of hydrogen-bond acceptors (Lipinski definition) is 3. The topological polar surface area (TPSA) is 59.4 Å². The molecule has 0 atom stereocenters. The van der Waals surface area contributed by atoms with Crippen LogP contribution in [0.2, 0.25) is 5.02 Å². The van der Waals surface area contributed by atoms with Crippen molar-refractivity contribution < 1.29 is 14.6 Å². The van der Waals surface area contributed by atoms with Gasteiger partial charge in [-0.3, -0.25) is 0 Å². The van der Waals surface area contributed by atoms with Gasteiger partial charge in [0.1, 0.15) is 11.4 Å². The molecule has 0 radical (unpaired) electrons. The van der Waals surface area contributed by atoms with Crippen LogP contribution >= 0.6 is 11.6 Å². The molecule has 2 aromatic carbocycles. The number of pyridine rings is 1. The predicted octanol–water partition coefficient (Wildman–Crippen LogP) is 4.70. The first-order valence-electron chi connectivity index (χ1n) is 7.68. The van der Waals surface area contributed by atoms with E-state index < -0.39 is 5.97 Å². The highest BCUT2D eigenvalue weighted by molar-refractivity contribution is 6.30. The van der Waals surface area contributed by atoms with Crippen LogP contribution in [0.1, 0.15) is 21.6 Å². The van der Waals surface area contributed by atoms with E-state index in [9.17, 15) is 4.79 Å². The number of hydrogen-bond donors (Lipinski definition) is 1. The molecule has 0 amide bonds. The average molecular weight is 354 g/mol. The lowest BCUT2D eigenvalue weighted by Crippen LogP contribution is -2.00. The lowest BCUT2D eigenvalue weighted by molar-refractivity contribution is 0.0690. The zero-order chi connectivity index (χ0) is 17.8. The summed E-state index contributed by atoms with van der Waals surface area (Å²) in [7, 11) is 1.64. The van der Waals surface area contributed by atoms with Gasteiger partial charge in [-0.2, -0.15) is 0 Å². The molecule has 25 heavy (non-hydrogen) atoms. The van der Waals surface area contributed by atoms with Gasteiger partial charge in [-0.15, -0.1) is 0 Å². The molecule has 0 spiro atoms. The highest BCUT2D eigenvalue weighted by Crippen LogP contribution is 2.32. The number of nitrogens with zero attached hydrogens (tertiary/aromatic N) is 1. The highest BCUT2D eigenvalue weighted by Gasteiger charge is 2.09. The van der Waals surface area contributed by atoms with E-state index in [1.165, 1.54) is 6.07 Å². The van der Waals surface area contributed by atoms with E-state index in [4.69, 9.17) is 21.4 Å². The number of methoxy groups -OCH3 is 1. The van der Waals surface area contributed by atoms with Gasteiger partial charge < -0.3 is 9.84 Å². The van der Waals surface area contributed by atoms with Crippen molar-refractivity contribution >= 4 is 17.6 Å². The number of halogens is 1. The predicted molar refractivity (Wildman–Crippen MR) is 97.4 cm³/mol. The third-order valence-corrected chi connectivity index (χ3v) is 4.09. The Bertz CT molecular complexity index is 907. The molecular formula is C20H16ClNO3. The molecule has 0 aliphatic rings. The maximum Gasteiger partial charge on any atom is 0.354 e. The largest absolute Gasteiger partial charge is 0.496 e. The Morgan fingerprint density at radius 2 is 1.92 bits per heavy atom. The number of carboxylic acid groups (broad SMARTS) is 1. The lowest BCUT2D eigenvalue weighted by Gasteiger charge is -2.12. The van der Waals surface area contributed by atoms with E-state index >= 15 is 0 Å². The fraction of sp³-hybridized carbons (Fsp3) is 0.100. The van der Waals surface area contributed by atoms with E-state index in [0.717, 1.165) is 28.0 Å². The van der Waals surface area contributed by atoms with Crippen molar-refractivity contribution in [3.63, 3.8) is 0 Å². The molecule has 1 N–H and O–H groups in total. The average Bonchev–Trinajstić information content (AvgIpc) is 2.62. The molecule has 0 saturated heterocycles. The number of ether oxygens (including phenoxy) is 1. The second kappa shape index (κ2) is 7.36. The van der Waals surface area contributed by atoms with Crippen LogP contribution in [-0.2, 0) is 6.42 Å². The summed E-state index contributed by atoms with van der Waals surface area (Å²) >= 11 is 6.10. The molecule has 3 rings (SSSR count). The summed E-state index contributed by atoms with van der Waals surface area (Å²) in [6.07, 6.45) is 2.23. The van der Waals surface area contributed by atoms with Gasteiger partial charge in [0.25, 0.3) is 0 Å². The van der Waals surface area contributed by atoms with E-state index in [1.807, 2.05) is 36.4 Å². The molecule has 126 valence electrons. The lowest BCUT2D eigenvalue weighted by atomic mass is 9.98. The second-order valence-electron chi connectivity index (χ2n) is 5.58. The maximum absolute atomic E-state index is 10.9. The summed E-state index contributed by atoms with van der Waals surface area (Å²) in [5, 5.41) is 9.59. The monoisotopic (exact) mass is 353 g/mol. The van der Waals surface area contributed by atoms with Gasteiger partial charge in [0.15, 0.2) is 0 Å². The summed E-state index contributed by atoms with van der Waals surface area (Å²) in [4.78, 5) is 14.8. The van der Waals surface area contributed by atoms with Gasteiger partial charge in [0, 0.05) is 16.8 Å². The quantitative estimate of drug-likeness (QED) is 0.722. The zero-order valence-corrected chi connectivity index (χ0v) is 14.3. The third kappa shape index (κ3) is 3.98. The molecular weight excluding hydrogens is 338 g/mol. The van der Waals surface area contributed by atoms with Crippen molar-refractivity contribution in [1.82, 2.24) is 4.98 Å². The summed E-state index contributed by atoms with van der Waals surface area (Å²) < 4.78 is 5.47. The first-order valence-corrected chi connectivity index (χ1v) is 8.05. The van der Waals surface area contributed by atoms with Crippen molar-refractivity contribution in [3.8, 4) is 16.9 Å². The number of carboxylic acids is 1. The van der Waals surface area contributed by atoms with Gasteiger partial charge in [-0.1, -0.05) is 35.9 Å². The van der Waals surface area contributed by atoms with Crippen LogP contribution in [0.4, 0.5) is 0 Å². The number of benzene rings is 2. The molecule has 0 aliphatic carbocycles. The van der Waals surface area contributed by atoms with Gasteiger partial charge in [-0.25, -0.2) is 9.78 Å². The SMILES string of the molecule is COc1ccc(Cc2ccc(C(=O)O)nc2)cc1-c1cccc(Cl)c1. The molecule has 0 aliphatic heterocycles. The van der Waals surface area contributed by atoms with Crippen molar-refractivity contribution in [3.05, 3.63) is 82.6 Å². The molecule has 0 fully saturated rings. The third-order valence-electron chi connectivity index (χ3n) is 3.85. The van der Waals surface area contributed by atoms with Crippen LogP contribution in [0.3, 0.4) is 0 Å². The Morgan fingerprint density at radius 3 is 2.56 bits per heavy atom. The molecule has 0 bridgehead atoms. The Labute approximate surface area is 150 Å². The number of carbonyl (C=O) groups is 1. The number of aromatic nitrogens is 1.